The number of halogens is 2. The number of alkyl halides is 2. The lowest BCUT2D eigenvalue weighted by Crippen LogP contribution is -2.06. The minimum Gasteiger partial charge on any atom is -0.491 e. The van der Waals surface area contributed by atoms with Crippen molar-refractivity contribution in [3.8, 4) is 34.5 Å². The first-order valence-corrected chi connectivity index (χ1v) is 17.4. The van der Waals surface area contributed by atoms with Gasteiger partial charge in [-0.25, -0.2) is 0 Å². The Balaban J connectivity index is 0.000000250. The Kier molecular flexibility index (Phi) is 13.9. The highest BCUT2D eigenvalue weighted by molar-refractivity contribution is 9.09. The van der Waals surface area contributed by atoms with Gasteiger partial charge in [-0.3, -0.25) is 9.59 Å². The van der Waals surface area contributed by atoms with Crippen molar-refractivity contribution in [2.24, 2.45) is 0 Å². The number of rotatable bonds is 12. The zero-order valence-electron chi connectivity index (χ0n) is 27.7. The van der Waals surface area contributed by atoms with Crippen molar-refractivity contribution in [1.82, 2.24) is 0 Å². The van der Waals surface area contributed by atoms with E-state index in [9.17, 15) is 9.59 Å². The third-order valence-electron chi connectivity index (χ3n) is 6.68. The lowest BCUT2D eigenvalue weighted by molar-refractivity contribution is 0.101. The molecule has 0 fully saturated rings. The molecule has 244 valence electrons. The van der Waals surface area contributed by atoms with Crippen molar-refractivity contribution in [2.75, 3.05) is 10.7 Å². The number of ketones is 2. The van der Waals surface area contributed by atoms with Crippen LogP contribution in [0, 0.1) is 27.7 Å². The molecule has 8 heteroatoms. The fraction of sp³-hybridized carbons (Fsp3) is 0.316. The van der Waals surface area contributed by atoms with Gasteiger partial charge in [-0.05, 0) is 150 Å². The second-order valence-electron chi connectivity index (χ2n) is 11.5. The molecule has 0 unspecified atom stereocenters. The molecule has 0 radical (unpaired) electrons. The maximum Gasteiger partial charge on any atom is 0.173 e. The normalized spacial score (nSPS) is 10.7. The zero-order valence-corrected chi connectivity index (χ0v) is 30.9. The lowest BCUT2D eigenvalue weighted by Gasteiger charge is -2.13. The van der Waals surface area contributed by atoms with Gasteiger partial charge >= 0.3 is 0 Å². The number of benzene rings is 4. The minimum absolute atomic E-state index is 0.0849. The summed E-state index contributed by atoms with van der Waals surface area (Å²) in [4.78, 5) is 23.9. The van der Waals surface area contributed by atoms with Gasteiger partial charge in [-0.1, -0.05) is 31.9 Å². The average molecular weight is 755 g/mol. The van der Waals surface area contributed by atoms with E-state index in [4.69, 9.17) is 18.9 Å². The van der Waals surface area contributed by atoms with Crippen LogP contribution in [0.4, 0.5) is 0 Å². The maximum absolute atomic E-state index is 11.9. The summed E-state index contributed by atoms with van der Waals surface area (Å²) >= 11 is 6.45. The topological polar surface area (TPSA) is 71.1 Å². The molecular formula is C38H42Br2O6. The maximum atomic E-state index is 11.9. The molecular weight excluding hydrogens is 712 g/mol. The molecule has 4 aromatic carbocycles. The van der Waals surface area contributed by atoms with Crippen LogP contribution in [-0.2, 0) is 0 Å². The van der Waals surface area contributed by atoms with Crippen molar-refractivity contribution in [3.63, 3.8) is 0 Å². The van der Waals surface area contributed by atoms with E-state index in [1.54, 1.807) is 0 Å². The molecule has 0 saturated heterocycles. The highest BCUT2D eigenvalue weighted by atomic mass is 79.9. The second-order valence-corrected chi connectivity index (χ2v) is 12.6. The first kappa shape index (κ1) is 36.8. The van der Waals surface area contributed by atoms with Gasteiger partial charge in [0.2, 0.25) is 0 Å². The van der Waals surface area contributed by atoms with E-state index in [-0.39, 0.29) is 23.8 Å². The number of carbonyl (C=O) groups is 2. The molecule has 0 amide bonds. The number of hydrogen-bond acceptors (Lipinski definition) is 6. The highest BCUT2D eigenvalue weighted by Crippen LogP contribution is 2.30. The van der Waals surface area contributed by atoms with Crippen LogP contribution in [0.25, 0.3) is 0 Å². The molecule has 0 aliphatic carbocycles. The molecule has 4 rings (SSSR count). The summed E-state index contributed by atoms with van der Waals surface area (Å²) < 4.78 is 23.0. The van der Waals surface area contributed by atoms with E-state index in [0.717, 1.165) is 67.9 Å². The molecule has 0 saturated carbocycles. The Morgan fingerprint density at radius 2 is 0.761 bits per heavy atom. The van der Waals surface area contributed by atoms with Crippen LogP contribution in [0.1, 0.15) is 70.7 Å². The number of carbonyl (C=O) groups excluding carboxylic acids is 2. The van der Waals surface area contributed by atoms with Crippen LogP contribution < -0.4 is 18.9 Å². The predicted molar refractivity (Wildman–Crippen MR) is 193 cm³/mol. The van der Waals surface area contributed by atoms with E-state index in [1.807, 2.05) is 128 Å². The summed E-state index contributed by atoms with van der Waals surface area (Å²) in [6.07, 6.45) is 0.290. The summed E-state index contributed by atoms with van der Waals surface area (Å²) in [6, 6.07) is 22.6. The number of hydrogen-bond donors (Lipinski definition) is 0. The van der Waals surface area contributed by atoms with Gasteiger partial charge in [0.25, 0.3) is 0 Å². The largest absolute Gasteiger partial charge is 0.491 e. The van der Waals surface area contributed by atoms with Gasteiger partial charge in [0, 0.05) is 11.1 Å². The highest BCUT2D eigenvalue weighted by Gasteiger charge is 2.14. The molecule has 0 aromatic heterocycles. The molecule has 0 bridgehead atoms. The third-order valence-corrected chi connectivity index (χ3v) is 7.69. The first-order chi connectivity index (χ1) is 21.8. The summed E-state index contributed by atoms with van der Waals surface area (Å²) in [6.45, 7) is 15.7. The Morgan fingerprint density at radius 3 is 1.00 bits per heavy atom. The van der Waals surface area contributed by atoms with Crippen molar-refractivity contribution < 1.29 is 28.5 Å². The van der Waals surface area contributed by atoms with E-state index in [0.29, 0.717) is 10.7 Å². The fourth-order valence-electron chi connectivity index (χ4n) is 4.97. The Labute approximate surface area is 289 Å². The van der Waals surface area contributed by atoms with E-state index < -0.39 is 0 Å². The number of aryl methyl sites for hydroxylation is 4. The molecule has 0 N–H and O–H groups in total. The van der Waals surface area contributed by atoms with Crippen LogP contribution in [0.5, 0.6) is 34.5 Å². The molecule has 0 spiro atoms. The number of ether oxygens (including phenoxy) is 4. The van der Waals surface area contributed by atoms with Gasteiger partial charge in [-0.2, -0.15) is 0 Å². The van der Waals surface area contributed by atoms with Crippen LogP contribution in [0.3, 0.4) is 0 Å². The Morgan fingerprint density at radius 1 is 0.500 bits per heavy atom. The van der Waals surface area contributed by atoms with Crippen LogP contribution in [-0.4, -0.2) is 34.4 Å². The van der Waals surface area contributed by atoms with Gasteiger partial charge < -0.3 is 18.9 Å². The van der Waals surface area contributed by atoms with E-state index in [2.05, 4.69) is 31.9 Å². The molecule has 0 aliphatic rings. The zero-order chi connectivity index (χ0) is 34.0. The van der Waals surface area contributed by atoms with Crippen molar-refractivity contribution in [1.29, 1.82) is 0 Å². The van der Waals surface area contributed by atoms with Gasteiger partial charge in [0.15, 0.2) is 11.6 Å². The van der Waals surface area contributed by atoms with E-state index >= 15 is 0 Å². The number of Topliss-reactive ketones (excluding diaryl/α,β-unsaturated/α-hetero) is 2. The smallest absolute Gasteiger partial charge is 0.173 e. The standard InChI is InChI=1S/2C19H21BrO3/c2*1-12(2)22-15-5-7-16(8-6-15)23-17-9-13(3)19(14(4)10-17)18(21)11-20/h2*5-10,12H,11H2,1-4H3. The summed E-state index contributed by atoms with van der Waals surface area (Å²) in [5.41, 5.74) is 5.20. The van der Waals surface area contributed by atoms with Crippen molar-refractivity contribution in [3.05, 3.63) is 106 Å². The summed E-state index contributed by atoms with van der Waals surface area (Å²) in [7, 11) is 0. The molecule has 4 aromatic rings. The molecule has 0 atom stereocenters. The molecule has 0 aliphatic heterocycles. The molecule has 46 heavy (non-hydrogen) atoms. The quantitative estimate of drug-likeness (QED) is 0.106. The van der Waals surface area contributed by atoms with Crippen LogP contribution in [0.2, 0.25) is 0 Å². The van der Waals surface area contributed by atoms with Gasteiger partial charge in [0.1, 0.15) is 34.5 Å². The van der Waals surface area contributed by atoms with Crippen LogP contribution >= 0.6 is 31.9 Å². The summed E-state index contributed by atoms with van der Waals surface area (Å²) in [5, 5.41) is 0.651. The summed E-state index contributed by atoms with van der Waals surface area (Å²) in [5.74, 6) is 4.73. The van der Waals surface area contributed by atoms with Gasteiger partial charge in [0.05, 0.1) is 22.9 Å². The first-order valence-electron chi connectivity index (χ1n) is 15.1. The Bertz CT molecular complexity index is 1460. The van der Waals surface area contributed by atoms with E-state index in [1.165, 1.54) is 0 Å². The lowest BCUT2D eigenvalue weighted by atomic mass is 9.99. The molecule has 0 heterocycles. The second kappa shape index (κ2) is 17.3. The SMILES string of the molecule is Cc1cc(Oc2ccc(OC(C)C)cc2)cc(C)c1C(=O)CBr.Cc1cc(Oc2ccc(OC(C)C)cc2)cc(C)c1C(=O)CBr. The van der Waals surface area contributed by atoms with Crippen molar-refractivity contribution in [2.45, 2.75) is 67.6 Å². The fourth-order valence-corrected chi connectivity index (χ4v) is 5.53. The van der Waals surface area contributed by atoms with Gasteiger partial charge in [-0.15, -0.1) is 0 Å². The van der Waals surface area contributed by atoms with Crippen LogP contribution in [0.15, 0.2) is 72.8 Å². The molecule has 6 nitrogen and oxygen atoms in total. The van der Waals surface area contributed by atoms with Crippen molar-refractivity contribution >= 4 is 43.4 Å². The Hall–Kier alpha value is -3.62. The predicted octanol–water partition coefficient (Wildman–Crippen LogP) is 10.9. The third kappa shape index (κ3) is 10.7. The monoisotopic (exact) mass is 752 g/mol. The average Bonchev–Trinajstić information content (AvgIpc) is 2.98. The minimum atomic E-state index is 0.0849.